The zero-order chi connectivity index (χ0) is 17.6. The Hall–Kier alpha value is -1.10. The van der Waals surface area contributed by atoms with Crippen molar-refractivity contribution in [2.24, 2.45) is 5.92 Å². The standard InChI is InChI=1S/C21H35N3O/c1-17-6-10-23(11-7-17)15-21(25)16-24-12-8-19(9-13-24)22-20-5-3-4-18(2)14-20/h3-5,14,17,19,21-22,25H,6-13,15-16H2,1-2H3. The summed E-state index contributed by atoms with van der Waals surface area (Å²) in [5, 5.41) is 14.1. The molecule has 0 aliphatic carbocycles. The van der Waals surface area contributed by atoms with E-state index < -0.39 is 0 Å². The van der Waals surface area contributed by atoms with E-state index in [9.17, 15) is 5.11 Å². The fraction of sp³-hybridized carbons (Fsp3) is 0.714. The molecule has 0 spiro atoms. The molecule has 0 bridgehead atoms. The van der Waals surface area contributed by atoms with E-state index in [4.69, 9.17) is 0 Å². The molecule has 2 aliphatic rings. The molecular weight excluding hydrogens is 310 g/mol. The summed E-state index contributed by atoms with van der Waals surface area (Å²) < 4.78 is 0. The summed E-state index contributed by atoms with van der Waals surface area (Å²) in [5.74, 6) is 0.855. The molecule has 1 aromatic rings. The molecule has 2 N–H and O–H groups in total. The highest BCUT2D eigenvalue weighted by Gasteiger charge is 2.23. The summed E-state index contributed by atoms with van der Waals surface area (Å²) in [6.07, 6.45) is 4.66. The van der Waals surface area contributed by atoms with Crippen LogP contribution >= 0.6 is 0 Å². The quantitative estimate of drug-likeness (QED) is 0.831. The van der Waals surface area contributed by atoms with Crippen LogP contribution in [0.4, 0.5) is 5.69 Å². The number of hydrogen-bond donors (Lipinski definition) is 2. The third-order valence-electron chi connectivity index (χ3n) is 5.79. The molecule has 140 valence electrons. The lowest BCUT2D eigenvalue weighted by molar-refractivity contribution is 0.0549. The van der Waals surface area contributed by atoms with Crippen LogP contribution < -0.4 is 5.32 Å². The molecule has 0 amide bonds. The Morgan fingerprint density at radius 3 is 2.24 bits per heavy atom. The minimum atomic E-state index is -0.213. The zero-order valence-electron chi connectivity index (χ0n) is 16.0. The molecule has 0 aromatic heterocycles. The molecule has 25 heavy (non-hydrogen) atoms. The molecule has 4 nitrogen and oxygen atoms in total. The predicted octanol–water partition coefficient (Wildman–Crippen LogP) is 2.96. The molecule has 1 aromatic carbocycles. The number of aliphatic hydroxyl groups excluding tert-OH is 1. The van der Waals surface area contributed by atoms with Crippen molar-refractivity contribution in [3.8, 4) is 0 Å². The normalized spacial score (nSPS) is 22.8. The van der Waals surface area contributed by atoms with Crippen LogP contribution in [0.5, 0.6) is 0 Å². The molecule has 0 radical (unpaired) electrons. The minimum absolute atomic E-state index is 0.213. The van der Waals surface area contributed by atoms with Gasteiger partial charge in [0.05, 0.1) is 6.10 Å². The molecule has 0 saturated carbocycles. The van der Waals surface area contributed by atoms with Crippen LogP contribution in [0.15, 0.2) is 24.3 Å². The number of aliphatic hydroxyl groups is 1. The van der Waals surface area contributed by atoms with Crippen LogP contribution in [0.25, 0.3) is 0 Å². The molecule has 1 atom stereocenters. The van der Waals surface area contributed by atoms with Crippen molar-refractivity contribution in [3.63, 3.8) is 0 Å². The van der Waals surface area contributed by atoms with Gasteiger partial charge in [0.15, 0.2) is 0 Å². The lowest BCUT2D eigenvalue weighted by Crippen LogP contribution is -2.46. The van der Waals surface area contributed by atoms with E-state index in [1.54, 1.807) is 0 Å². The summed E-state index contributed by atoms with van der Waals surface area (Å²) >= 11 is 0. The second kappa shape index (κ2) is 9.02. The van der Waals surface area contributed by atoms with E-state index in [-0.39, 0.29) is 6.10 Å². The van der Waals surface area contributed by atoms with Crippen molar-refractivity contribution in [1.29, 1.82) is 0 Å². The van der Waals surface area contributed by atoms with Gasteiger partial charge in [0.1, 0.15) is 0 Å². The third-order valence-corrected chi connectivity index (χ3v) is 5.79. The molecule has 1 unspecified atom stereocenters. The van der Waals surface area contributed by atoms with Gasteiger partial charge in [-0.15, -0.1) is 0 Å². The predicted molar refractivity (Wildman–Crippen MR) is 105 cm³/mol. The molecule has 2 saturated heterocycles. The van der Waals surface area contributed by atoms with Gasteiger partial charge in [-0.05, 0) is 69.3 Å². The number of β-amino-alcohol motifs (C(OH)–C–C–N with tert-alkyl or cyclic N) is 1. The SMILES string of the molecule is Cc1cccc(NC2CCN(CC(O)CN3CCC(C)CC3)CC2)c1. The van der Waals surface area contributed by atoms with Crippen LogP contribution in [0.2, 0.25) is 0 Å². The van der Waals surface area contributed by atoms with Crippen molar-refractivity contribution in [2.75, 3.05) is 44.6 Å². The van der Waals surface area contributed by atoms with E-state index in [1.807, 2.05) is 0 Å². The number of piperidine rings is 2. The lowest BCUT2D eigenvalue weighted by atomic mass is 9.99. The van der Waals surface area contributed by atoms with Gasteiger partial charge < -0.3 is 20.2 Å². The summed E-state index contributed by atoms with van der Waals surface area (Å²) in [4.78, 5) is 4.88. The second-order valence-electron chi connectivity index (χ2n) is 8.23. The summed E-state index contributed by atoms with van der Waals surface area (Å²) in [6, 6.07) is 9.18. The van der Waals surface area contributed by atoms with Crippen LogP contribution in [-0.4, -0.2) is 66.3 Å². The number of aryl methyl sites for hydroxylation is 1. The largest absolute Gasteiger partial charge is 0.390 e. The maximum Gasteiger partial charge on any atom is 0.0793 e. The number of nitrogens with one attached hydrogen (secondary N) is 1. The Bertz CT molecular complexity index is 520. The van der Waals surface area contributed by atoms with Gasteiger partial charge in [-0.1, -0.05) is 19.1 Å². The fourth-order valence-electron chi connectivity index (χ4n) is 4.13. The van der Waals surface area contributed by atoms with Gasteiger partial charge in [-0.25, -0.2) is 0 Å². The van der Waals surface area contributed by atoms with Gasteiger partial charge >= 0.3 is 0 Å². The average molecular weight is 346 g/mol. The van der Waals surface area contributed by atoms with Crippen LogP contribution in [0.3, 0.4) is 0 Å². The van der Waals surface area contributed by atoms with E-state index in [0.717, 1.165) is 58.0 Å². The fourth-order valence-corrected chi connectivity index (χ4v) is 4.13. The number of likely N-dealkylation sites (tertiary alicyclic amines) is 2. The highest BCUT2D eigenvalue weighted by molar-refractivity contribution is 5.46. The summed E-state index contributed by atoms with van der Waals surface area (Å²) in [6.45, 7) is 10.6. The van der Waals surface area contributed by atoms with Crippen molar-refractivity contribution in [1.82, 2.24) is 9.80 Å². The monoisotopic (exact) mass is 345 g/mol. The van der Waals surface area contributed by atoms with Crippen molar-refractivity contribution in [2.45, 2.75) is 51.7 Å². The first kappa shape index (κ1) is 18.7. The van der Waals surface area contributed by atoms with Gasteiger partial charge in [-0.2, -0.15) is 0 Å². The molecule has 4 heteroatoms. The first-order valence-electron chi connectivity index (χ1n) is 10.0. The Morgan fingerprint density at radius 2 is 1.64 bits per heavy atom. The molecule has 3 rings (SSSR count). The summed E-state index contributed by atoms with van der Waals surface area (Å²) in [7, 11) is 0. The maximum absolute atomic E-state index is 10.5. The van der Waals surface area contributed by atoms with E-state index in [2.05, 4.69) is 53.2 Å². The van der Waals surface area contributed by atoms with E-state index in [0.29, 0.717) is 6.04 Å². The number of hydrogen-bond acceptors (Lipinski definition) is 4. The molecule has 2 fully saturated rings. The average Bonchev–Trinajstić information content (AvgIpc) is 2.59. The molecule has 2 heterocycles. The topological polar surface area (TPSA) is 38.7 Å². The Balaban J connectivity index is 1.36. The van der Waals surface area contributed by atoms with Gasteiger partial charge in [0.25, 0.3) is 0 Å². The second-order valence-corrected chi connectivity index (χ2v) is 8.23. The number of nitrogens with zero attached hydrogens (tertiary/aromatic N) is 2. The molecular formula is C21H35N3O. The maximum atomic E-state index is 10.5. The molecule has 2 aliphatic heterocycles. The van der Waals surface area contributed by atoms with Crippen molar-refractivity contribution in [3.05, 3.63) is 29.8 Å². The van der Waals surface area contributed by atoms with Crippen LogP contribution in [-0.2, 0) is 0 Å². The summed E-state index contributed by atoms with van der Waals surface area (Å²) in [5.41, 5.74) is 2.54. The van der Waals surface area contributed by atoms with Gasteiger partial charge in [-0.3, -0.25) is 0 Å². The number of benzene rings is 1. The first-order chi connectivity index (χ1) is 12.1. The highest BCUT2D eigenvalue weighted by Crippen LogP contribution is 2.19. The van der Waals surface area contributed by atoms with Crippen LogP contribution in [0.1, 0.15) is 38.2 Å². The van der Waals surface area contributed by atoms with Gasteiger partial charge in [0.2, 0.25) is 0 Å². The van der Waals surface area contributed by atoms with E-state index >= 15 is 0 Å². The Morgan fingerprint density at radius 1 is 1.04 bits per heavy atom. The van der Waals surface area contributed by atoms with E-state index in [1.165, 1.54) is 24.1 Å². The first-order valence-corrected chi connectivity index (χ1v) is 10.0. The Kier molecular flexibility index (Phi) is 6.74. The van der Waals surface area contributed by atoms with Crippen molar-refractivity contribution >= 4 is 5.69 Å². The highest BCUT2D eigenvalue weighted by atomic mass is 16.3. The van der Waals surface area contributed by atoms with Gasteiger partial charge in [0, 0.05) is 37.9 Å². The third kappa shape index (κ3) is 5.98. The lowest BCUT2D eigenvalue weighted by Gasteiger charge is -2.36. The number of anilines is 1. The Labute approximate surface area is 153 Å². The smallest absolute Gasteiger partial charge is 0.0793 e. The number of rotatable bonds is 6. The van der Waals surface area contributed by atoms with Crippen molar-refractivity contribution < 1.29 is 5.11 Å². The zero-order valence-corrected chi connectivity index (χ0v) is 16.0. The van der Waals surface area contributed by atoms with Crippen LogP contribution in [0, 0.1) is 12.8 Å². The minimum Gasteiger partial charge on any atom is -0.390 e.